The number of hydrogen-bond donors (Lipinski definition) is 1. The smallest absolute Gasteiger partial charge is 0.322 e. The number of anilines is 2. The fraction of sp³-hybridized carbons (Fsp3) is 0.261. The number of carbonyl (C=O) groups excluding carboxylic acids is 1. The number of amides is 2. The van der Waals surface area contributed by atoms with Gasteiger partial charge in [-0.1, -0.05) is 23.2 Å². The number of urea groups is 1. The van der Waals surface area contributed by atoms with Gasteiger partial charge in [-0.3, -0.25) is 0 Å². The fourth-order valence-corrected chi connectivity index (χ4v) is 3.92. The van der Waals surface area contributed by atoms with Gasteiger partial charge in [0.1, 0.15) is 5.75 Å². The molecular formula is C23H23Cl2N5O2. The van der Waals surface area contributed by atoms with Crippen molar-refractivity contribution >= 4 is 40.7 Å². The lowest BCUT2D eigenvalue weighted by atomic mass is 10.1. The minimum absolute atomic E-state index is 0.189. The molecule has 0 bridgehead atoms. The summed E-state index contributed by atoms with van der Waals surface area (Å²) in [4.78, 5) is 16.5. The number of carbonyl (C=O) groups is 1. The molecule has 32 heavy (non-hydrogen) atoms. The molecule has 1 aromatic heterocycles. The van der Waals surface area contributed by atoms with Crippen molar-refractivity contribution in [1.29, 1.82) is 0 Å². The van der Waals surface area contributed by atoms with Gasteiger partial charge in [-0.15, -0.1) is 10.2 Å². The number of nitrogens with one attached hydrogen (secondary N) is 1. The van der Waals surface area contributed by atoms with Crippen LogP contribution in [0.25, 0.3) is 11.3 Å². The van der Waals surface area contributed by atoms with Crippen LogP contribution in [0.1, 0.15) is 6.92 Å². The molecule has 0 spiro atoms. The monoisotopic (exact) mass is 471 g/mol. The maximum Gasteiger partial charge on any atom is 0.322 e. The average molecular weight is 472 g/mol. The maximum atomic E-state index is 12.6. The summed E-state index contributed by atoms with van der Waals surface area (Å²) in [6, 6.07) is 16.5. The fourth-order valence-electron chi connectivity index (χ4n) is 3.46. The average Bonchev–Trinajstić information content (AvgIpc) is 2.82. The number of benzene rings is 2. The minimum atomic E-state index is -0.189. The molecule has 1 aliphatic heterocycles. The third kappa shape index (κ3) is 5.23. The van der Waals surface area contributed by atoms with E-state index in [1.165, 1.54) is 0 Å². The van der Waals surface area contributed by atoms with Gasteiger partial charge in [-0.2, -0.15) is 0 Å². The van der Waals surface area contributed by atoms with E-state index in [1.54, 1.807) is 23.1 Å². The van der Waals surface area contributed by atoms with Gasteiger partial charge < -0.3 is 19.9 Å². The van der Waals surface area contributed by atoms with E-state index in [1.807, 2.05) is 43.3 Å². The SMILES string of the molecule is CCOc1ccc(-c2ccc(N3CCN(C(=O)Nc4ccc(Cl)cc4Cl)CC3)nn2)cc1. The quantitative estimate of drug-likeness (QED) is 0.553. The predicted molar refractivity (Wildman–Crippen MR) is 128 cm³/mol. The Kier molecular flexibility index (Phi) is 6.97. The van der Waals surface area contributed by atoms with Gasteiger partial charge in [0.15, 0.2) is 5.82 Å². The summed E-state index contributed by atoms with van der Waals surface area (Å²) < 4.78 is 5.48. The Morgan fingerprint density at radius 3 is 2.38 bits per heavy atom. The van der Waals surface area contributed by atoms with E-state index < -0.39 is 0 Å². The number of piperazine rings is 1. The van der Waals surface area contributed by atoms with Gasteiger partial charge in [0.2, 0.25) is 0 Å². The molecule has 1 saturated heterocycles. The highest BCUT2D eigenvalue weighted by atomic mass is 35.5. The van der Waals surface area contributed by atoms with Gasteiger partial charge in [-0.05, 0) is 61.5 Å². The normalized spacial score (nSPS) is 13.7. The van der Waals surface area contributed by atoms with E-state index in [4.69, 9.17) is 27.9 Å². The molecule has 0 radical (unpaired) electrons. The van der Waals surface area contributed by atoms with Crippen LogP contribution < -0.4 is 15.0 Å². The summed E-state index contributed by atoms with van der Waals surface area (Å²) in [5.41, 5.74) is 2.32. The highest BCUT2D eigenvalue weighted by molar-refractivity contribution is 6.36. The Morgan fingerprint density at radius 2 is 1.75 bits per heavy atom. The number of nitrogens with zero attached hydrogens (tertiary/aromatic N) is 4. The van der Waals surface area contributed by atoms with Crippen molar-refractivity contribution in [3.8, 4) is 17.0 Å². The first-order valence-electron chi connectivity index (χ1n) is 10.4. The van der Waals surface area contributed by atoms with Crippen molar-refractivity contribution in [2.45, 2.75) is 6.92 Å². The van der Waals surface area contributed by atoms with Crippen LogP contribution in [0.2, 0.25) is 10.0 Å². The summed E-state index contributed by atoms with van der Waals surface area (Å²) in [6.45, 7) is 5.06. The van der Waals surface area contributed by atoms with Crippen molar-refractivity contribution in [1.82, 2.24) is 15.1 Å². The largest absolute Gasteiger partial charge is 0.494 e. The van der Waals surface area contributed by atoms with E-state index in [-0.39, 0.29) is 6.03 Å². The molecule has 0 saturated carbocycles. The zero-order valence-electron chi connectivity index (χ0n) is 17.6. The van der Waals surface area contributed by atoms with E-state index in [9.17, 15) is 4.79 Å². The molecule has 0 aliphatic carbocycles. The molecule has 2 aromatic carbocycles. The van der Waals surface area contributed by atoms with Crippen LogP contribution in [-0.2, 0) is 0 Å². The lowest BCUT2D eigenvalue weighted by Gasteiger charge is -2.35. The Hall–Kier alpha value is -3.03. The van der Waals surface area contributed by atoms with Crippen LogP contribution in [0, 0.1) is 0 Å². The third-order valence-electron chi connectivity index (χ3n) is 5.18. The molecule has 1 aliphatic rings. The topological polar surface area (TPSA) is 70.6 Å². The number of ether oxygens (including phenoxy) is 1. The highest BCUT2D eigenvalue weighted by Gasteiger charge is 2.22. The lowest BCUT2D eigenvalue weighted by Crippen LogP contribution is -2.50. The first-order chi connectivity index (χ1) is 15.5. The molecule has 9 heteroatoms. The minimum Gasteiger partial charge on any atom is -0.494 e. The van der Waals surface area contributed by atoms with Crippen molar-refractivity contribution in [2.75, 3.05) is 43.0 Å². The van der Waals surface area contributed by atoms with E-state index in [2.05, 4.69) is 20.4 Å². The van der Waals surface area contributed by atoms with Crippen molar-refractivity contribution in [3.05, 3.63) is 64.6 Å². The molecule has 3 aromatic rings. The number of hydrogen-bond acceptors (Lipinski definition) is 5. The molecule has 2 amide bonds. The molecule has 2 heterocycles. The van der Waals surface area contributed by atoms with Crippen molar-refractivity contribution < 1.29 is 9.53 Å². The van der Waals surface area contributed by atoms with E-state index >= 15 is 0 Å². The highest BCUT2D eigenvalue weighted by Crippen LogP contribution is 2.26. The predicted octanol–water partition coefficient (Wildman–Crippen LogP) is 5.20. The van der Waals surface area contributed by atoms with Crippen LogP contribution in [-0.4, -0.2) is 53.9 Å². The van der Waals surface area contributed by atoms with Crippen LogP contribution in [0.3, 0.4) is 0 Å². The summed E-state index contributed by atoms with van der Waals surface area (Å²) in [5.74, 6) is 1.63. The van der Waals surface area contributed by atoms with Gasteiger partial charge in [0, 0.05) is 36.8 Å². The van der Waals surface area contributed by atoms with Gasteiger partial charge in [0.05, 0.1) is 23.0 Å². The standard InChI is InChI=1S/C23H23Cl2N5O2/c1-2-32-18-6-3-16(4-7-18)20-9-10-22(28-27-20)29-11-13-30(14-12-29)23(31)26-21-8-5-17(24)15-19(21)25/h3-10,15H,2,11-14H2,1H3,(H,26,31). The third-order valence-corrected chi connectivity index (χ3v) is 5.72. The number of aromatic nitrogens is 2. The van der Waals surface area contributed by atoms with Crippen molar-refractivity contribution in [2.24, 2.45) is 0 Å². The number of halogens is 2. The van der Waals surface area contributed by atoms with E-state index in [0.717, 1.165) is 22.8 Å². The summed E-state index contributed by atoms with van der Waals surface area (Å²) in [7, 11) is 0. The molecular weight excluding hydrogens is 449 g/mol. The van der Waals surface area contributed by atoms with Gasteiger partial charge in [0.25, 0.3) is 0 Å². The molecule has 1 fully saturated rings. The van der Waals surface area contributed by atoms with E-state index in [0.29, 0.717) is 48.5 Å². The zero-order chi connectivity index (χ0) is 22.5. The molecule has 7 nitrogen and oxygen atoms in total. The molecule has 0 unspecified atom stereocenters. The number of rotatable bonds is 5. The Labute approximate surface area is 196 Å². The second-order valence-corrected chi connectivity index (χ2v) is 8.11. The lowest BCUT2D eigenvalue weighted by molar-refractivity contribution is 0.208. The molecule has 166 valence electrons. The molecule has 4 rings (SSSR count). The molecule has 1 N–H and O–H groups in total. The summed E-state index contributed by atoms with van der Waals surface area (Å²) in [5, 5.41) is 12.5. The van der Waals surface area contributed by atoms with Crippen LogP contribution in [0.15, 0.2) is 54.6 Å². The Balaban J connectivity index is 1.33. The molecule has 0 atom stereocenters. The maximum absolute atomic E-state index is 12.6. The van der Waals surface area contributed by atoms with Crippen LogP contribution in [0.5, 0.6) is 5.75 Å². The summed E-state index contributed by atoms with van der Waals surface area (Å²) in [6.07, 6.45) is 0. The zero-order valence-corrected chi connectivity index (χ0v) is 19.1. The Bertz CT molecular complexity index is 1070. The van der Waals surface area contributed by atoms with Crippen LogP contribution in [0.4, 0.5) is 16.3 Å². The first kappa shape index (κ1) is 22.2. The van der Waals surface area contributed by atoms with Crippen LogP contribution >= 0.6 is 23.2 Å². The second-order valence-electron chi connectivity index (χ2n) is 7.26. The first-order valence-corrected chi connectivity index (χ1v) is 11.1. The Morgan fingerprint density at radius 1 is 1.00 bits per heavy atom. The van der Waals surface area contributed by atoms with Crippen molar-refractivity contribution in [3.63, 3.8) is 0 Å². The second kappa shape index (κ2) is 10.1. The summed E-state index contributed by atoms with van der Waals surface area (Å²) >= 11 is 12.1. The van der Waals surface area contributed by atoms with Gasteiger partial charge in [-0.25, -0.2) is 4.79 Å². The van der Waals surface area contributed by atoms with Gasteiger partial charge >= 0.3 is 6.03 Å².